The lowest BCUT2D eigenvalue weighted by molar-refractivity contribution is 0.815. The number of aryl methyl sites for hydroxylation is 1. The van der Waals surface area contributed by atoms with Crippen LogP contribution in [0.15, 0.2) is 34.5 Å². The van der Waals surface area contributed by atoms with Crippen LogP contribution in [0.2, 0.25) is 0 Å². The quantitative estimate of drug-likeness (QED) is 0.837. The van der Waals surface area contributed by atoms with Crippen molar-refractivity contribution >= 4 is 23.1 Å². The summed E-state index contributed by atoms with van der Waals surface area (Å²) in [4.78, 5) is 5.78. The van der Waals surface area contributed by atoms with Crippen LogP contribution < -0.4 is 5.32 Å². The topological polar surface area (TPSA) is 24.9 Å². The zero-order valence-electron chi connectivity index (χ0n) is 10.1. The molecule has 0 spiro atoms. The Bertz CT molecular complexity index is 480. The van der Waals surface area contributed by atoms with Crippen molar-refractivity contribution < 1.29 is 0 Å². The summed E-state index contributed by atoms with van der Waals surface area (Å²) in [7, 11) is 1.97. The van der Waals surface area contributed by atoms with Crippen LogP contribution in [0.25, 0.3) is 0 Å². The molecule has 2 rings (SSSR count). The predicted octanol–water partition coefficient (Wildman–Crippen LogP) is 3.46. The molecule has 0 aliphatic carbocycles. The van der Waals surface area contributed by atoms with Gasteiger partial charge in [-0.1, -0.05) is 12.1 Å². The number of thiazole rings is 1. The summed E-state index contributed by atoms with van der Waals surface area (Å²) in [5, 5.41) is 6.47. The highest BCUT2D eigenvalue weighted by atomic mass is 32.2. The average molecular weight is 264 g/mol. The van der Waals surface area contributed by atoms with Gasteiger partial charge in [-0.15, -0.1) is 23.1 Å². The van der Waals surface area contributed by atoms with Gasteiger partial charge in [0.05, 0.1) is 5.75 Å². The molecular formula is C13H16N2S2. The summed E-state index contributed by atoms with van der Waals surface area (Å²) in [5.74, 6) is 0.960. The lowest BCUT2D eigenvalue weighted by Crippen LogP contribution is -2.04. The molecule has 0 bridgehead atoms. The first-order valence-electron chi connectivity index (χ1n) is 5.55. The second-order valence-corrected chi connectivity index (χ2v) is 5.84. The van der Waals surface area contributed by atoms with E-state index in [1.54, 1.807) is 11.3 Å². The minimum Gasteiger partial charge on any atom is -0.316 e. The number of nitrogens with zero attached hydrogens (tertiary/aromatic N) is 1. The van der Waals surface area contributed by atoms with Crippen LogP contribution in [0.5, 0.6) is 0 Å². The molecule has 0 fully saturated rings. The van der Waals surface area contributed by atoms with Crippen molar-refractivity contribution in [3.8, 4) is 0 Å². The smallest absolute Gasteiger partial charge is 0.103 e. The van der Waals surface area contributed by atoms with Gasteiger partial charge < -0.3 is 5.32 Å². The molecular weight excluding hydrogens is 248 g/mol. The summed E-state index contributed by atoms with van der Waals surface area (Å²) < 4.78 is 0. The Balaban J connectivity index is 1.96. The molecule has 0 aliphatic rings. The van der Waals surface area contributed by atoms with E-state index in [2.05, 4.69) is 39.9 Å². The first-order valence-corrected chi connectivity index (χ1v) is 7.42. The molecule has 2 nitrogen and oxygen atoms in total. The van der Waals surface area contributed by atoms with Gasteiger partial charge in [0.25, 0.3) is 0 Å². The molecule has 1 heterocycles. The molecule has 0 saturated heterocycles. The van der Waals surface area contributed by atoms with Crippen LogP contribution in [0.4, 0.5) is 0 Å². The molecule has 2 aromatic rings. The van der Waals surface area contributed by atoms with Crippen LogP contribution in [0.1, 0.15) is 16.3 Å². The van der Waals surface area contributed by atoms with Gasteiger partial charge in [-0.05, 0) is 31.7 Å². The van der Waals surface area contributed by atoms with E-state index in [0.717, 1.165) is 18.0 Å². The van der Waals surface area contributed by atoms with Crippen molar-refractivity contribution in [3.63, 3.8) is 0 Å². The Morgan fingerprint density at radius 1 is 1.41 bits per heavy atom. The van der Waals surface area contributed by atoms with Gasteiger partial charge in [0.15, 0.2) is 0 Å². The third-order valence-electron chi connectivity index (χ3n) is 2.31. The van der Waals surface area contributed by atoms with Crippen LogP contribution >= 0.6 is 23.1 Å². The van der Waals surface area contributed by atoms with Gasteiger partial charge in [0, 0.05) is 22.5 Å². The van der Waals surface area contributed by atoms with Crippen LogP contribution in [0.3, 0.4) is 0 Å². The van der Waals surface area contributed by atoms with E-state index < -0.39 is 0 Å². The van der Waals surface area contributed by atoms with Gasteiger partial charge in [-0.3, -0.25) is 0 Å². The van der Waals surface area contributed by atoms with Gasteiger partial charge in [0.2, 0.25) is 0 Å². The fourth-order valence-corrected chi connectivity index (χ4v) is 3.33. The maximum Gasteiger partial charge on any atom is 0.103 e. The first kappa shape index (κ1) is 12.6. The SMILES string of the molecule is CNCc1cccc(SCc2nc(C)cs2)c1. The molecule has 1 aromatic heterocycles. The Labute approximate surface area is 110 Å². The van der Waals surface area contributed by atoms with E-state index in [0.29, 0.717) is 0 Å². The normalized spacial score (nSPS) is 10.7. The van der Waals surface area contributed by atoms with Crippen LogP contribution in [-0.2, 0) is 12.3 Å². The van der Waals surface area contributed by atoms with E-state index >= 15 is 0 Å². The van der Waals surface area contributed by atoms with Crippen molar-refractivity contribution in [1.29, 1.82) is 0 Å². The Morgan fingerprint density at radius 2 is 2.29 bits per heavy atom. The number of thioether (sulfide) groups is 1. The molecule has 0 aliphatic heterocycles. The summed E-state index contributed by atoms with van der Waals surface area (Å²) in [6.45, 7) is 2.96. The zero-order chi connectivity index (χ0) is 12.1. The molecule has 90 valence electrons. The summed E-state index contributed by atoms with van der Waals surface area (Å²) in [6.07, 6.45) is 0. The minimum atomic E-state index is 0.921. The standard InChI is InChI=1S/C13H16N2S2/c1-10-8-17-13(15-10)9-16-12-5-3-4-11(6-12)7-14-2/h3-6,8,14H,7,9H2,1-2H3. The van der Waals surface area contributed by atoms with Crippen LogP contribution in [0, 0.1) is 6.92 Å². The van der Waals surface area contributed by atoms with Crippen molar-refractivity contribution in [3.05, 3.63) is 45.9 Å². The van der Waals surface area contributed by atoms with E-state index in [1.165, 1.54) is 15.5 Å². The summed E-state index contributed by atoms with van der Waals surface area (Å²) in [5.41, 5.74) is 2.45. The molecule has 1 aromatic carbocycles. The molecule has 0 saturated carbocycles. The maximum absolute atomic E-state index is 4.47. The van der Waals surface area contributed by atoms with Gasteiger partial charge in [0.1, 0.15) is 5.01 Å². The molecule has 4 heteroatoms. The fourth-order valence-electron chi connectivity index (χ4n) is 1.56. The molecule has 0 amide bonds. The molecule has 0 atom stereocenters. The molecule has 17 heavy (non-hydrogen) atoms. The number of benzene rings is 1. The number of aromatic nitrogens is 1. The second-order valence-electron chi connectivity index (χ2n) is 3.85. The van der Waals surface area contributed by atoms with E-state index in [-0.39, 0.29) is 0 Å². The number of hydrogen-bond acceptors (Lipinski definition) is 4. The van der Waals surface area contributed by atoms with Crippen LogP contribution in [-0.4, -0.2) is 12.0 Å². The number of nitrogens with one attached hydrogen (secondary N) is 1. The number of hydrogen-bond donors (Lipinski definition) is 1. The number of rotatable bonds is 5. The van der Waals surface area contributed by atoms with Gasteiger partial charge in [-0.2, -0.15) is 0 Å². The van der Waals surface area contributed by atoms with E-state index in [4.69, 9.17) is 0 Å². The highest BCUT2D eigenvalue weighted by Gasteiger charge is 2.01. The highest BCUT2D eigenvalue weighted by Crippen LogP contribution is 2.25. The summed E-state index contributed by atoms with van der Waals surface area (Å²) >= 11 is 3.59. The van der Waals surface area contributed by atoms with Gasteiger partial charge >= 0.3 is 0 Å². The monoisotopic (exact) mass is 264 g/mol. The Kier molecular flexibility index (Phi) is 4.59. The Hall–Kier alpha value is -0.840. The zero-order valence-corrected chi connectivity index (χ0v) is 11.7. The third kappa shape index (κ3) is 3.84. The van der Waals surface area contributed by atoms with E-state index in [9.17, 15) is 0 Å². The van der Waals surface area contributed by atoms with Crippen molar-refractivity contribution in [2.45, 2.75) is 24.1 Å². The molecule has 1 N–H and O–H groups in total. The summed E-state index contributed by atoms with van der Waals surface area (Å²) in [6, 6.07) is 8.65. The first-order chi connectivity index (χ1) is 8.28. The van der Waals surface area contributed by atoms with Crippen molar-refractivity contribution in [2.75, 3.05) is 7.05 Å². The Morgan fingerprint density at radius 3 is 3.00 bits per heavy atom. The highest BCUT2D eigenvalue weighted by molar-refractivity contribution is 7.98. The van der Waals surface area contributed by atoms with Crippen molar-refractivity contribution in [2.24, 2.45) is 0 Å². The second kappa shape index (κ2) is 6.19. The molecule has 0 unspecified atom stereocenters. The van der Waals surface area contributed by atoms with E-state index in [1.807, 2.05) is 25.7 Å². The fraction of sp³-hybridized carbons (Fsp3) is 0.308. The predicted molar refractivity (Wildman–Crippen MR) is 75.6 cm³/mol. The average Bonchev–Trinajstić information content (AvgIpc) is 2.74. The lowest BCUT2D eigenvalue weighted by atomic mass is 10.2. The lowest BCUT2D eigenvalue weighted by Gasteiger charge is -2.03. The maximum atomic E-state index is 4.47. The molecule has 0 radical (unpaired) electrons. The van der Waals surface area contributed by atoms with Gasteiger partial charge in [-0.25, -0.2) is 4.98 Å². The van der Waals surface area contributed by atoms with Crippen molar-refractivity contribution in [1.82, 2.24) is 10.3 Å². The largest absolute Gasteiger partial charge is 0.316 e. The third-order valence-corrected chi connectivity index (χ3v) is 4.46. The minimum absolute atomic E-state index is 0.921.